The fourth-order valence-electron chi connectivity index (χ4n) is 6.69. The Morgan fingerprint density at radius 1 is 1.05 bits per heavy atom. The number of nitrogens with one attached hydrogen (secondary N) is 1. The lowest BCUT2D eigenvalue weighted by Crippen LogP contribution is -2.56. The molecule has 4 aliphatic heterocycles. The molecule has 10 nitrogen and oxygen atoms in total. The highest BCUT2D eigenvalue weighted by Crippen LogP contribution is 2.58. The molecule has 232 valence electrons. The third-order valence-corrected chi connectivity index (χ3v) is 9.48. The molecule has 0 radical (unpaired) electrons. The van der Waals surface area contributed by atoms with Gasteiger partial charge in [-0.05, 0) is 37.3 Å². The summed E-state index contributed by atoms with van der Waals surface area (Å²) >= 11 is 3.59. The number of benzene rings is 1. The smallest absolute Gasteiger partial charge is 0.306 e. The van der Waals surface area contributed by atoms with E-state index in [-0.39, 0.29) is 44.0 Å². The lowest BCUT2D eigenvalue weighted by Gasteiger charge is -2.36. The van der Waals surface area contributed by atoms with E-state index in [2.05, 4.69) is 21.2 Å². The van der Waals surface area contributed by atoms with E-state index < -0.39 is 41.5 Å². The number of unbranched alkanes of at least 4 members (excludes halogenated alkanes) is 2. The van der Waals surface area contributed by atoms with Gasteiger partial charge in [-0.2, -0.15) is 0 Å². The molecule has 5 bridgehead atoms. The molecule has 0 aromatic heterocycles. The van der Waals surface area contributed by atoms with Gasteiger partial charge in [0, 0.05) is 37.1 Å². The predicted octanol–water partition coefficient (Wildman–Crippen LogP) is 3.01. The first-order valence-corrected chi connectivity index (χ1v) is 16.0. The number of allylic oxidation sites excluding steroid dienone is 1. The summed E-state index contributed by atoms with van der Waals surface area (Å²) in [5.74, 6) is -3.13. The molecule has 2 N–H and O–H groups in total. The van der Waals surface area contributed by atoms with Crippen LogP contribution >= 0.6 is 15.9 Å². The summed E-state index contributed by atoms with van der Waals surface area (Å²) in [4.78, 5) is 58.7. The molecular formula is C32H40BrN3O7. The molecule has 43 heavy (non-hydrogen) atoms. The number of rotatable bonds is 8. The molecule has 11 heteroatoms. The van der Waals surface area contributed by atoms with Crippen LogP contribution in [0.15, 0.2) is 53.0 Å². The quantitative estimate of drug-likeness (QED) is 0.250. The number of fused-ring (bicyclic) bond motifs is 2. The number of carbonyl (C=O) groups is 4. The number of esters is 1. The molecule has 2 fully saturated rings. The summed E-state index contributed by atoms with van der Waals surface area (Å²) in [5, 5.41) is 12.5. The van der Waals surface area contributed by atoms with Gasteiger partial charge in [0.1, 0.15) is 24.4 Å². The van der Waals surface area contributed by atoms with Gasteiger partial charge in [0.25, 0.3) is 0 Å². The van der Waals surface area contributed by atoms with Crippen molar-refractivity contribution in [3.05, 3.63) is 58.6 Å². The van der Waals surface area contributed by atoms with Crippen molar-refractivity contribution in [1.82, 2.24) is 15.1 Å². The summed E-state index contributed by atoms with van der Waals surface area (Å²) in [5.41, 5.74) is -0.548. The van der Waals surface area contributed by atoms with Gasteiger partial charge in [0.05, 0.1) is 17.9 Å². The summed E-state index contributed by atoms with van der Waals surface area (Å²) in [6, 6.07) is 7.66. The van der Waals surface area contributed by atoms with E-state index in [1.54, 1.807) is 9.80 Å². The largest absolute Gasteiger partial charge is 0.463 e. The maximum atomic E-state index is 14.4. The Bertz CT molecular complexity index is 1270. The van der Waals surface area contributed by atoms with E-state index in [0.29, 0.717) is 36.8 Å². The maximum absolute atomic E-state index is 14.4. The average Bonchev–Trinajstić information content (AvgIpc) is 3.59. The Hall–Kier alpha value is -3.02. The first-order valence-electron chi connectivity index (χ1n) is 15.2. The summed E-state index contributed by atoms with van der Waals surface area (Å²) in [6.07, 6.45) is 8.10. The lowest BCUT2D eigenvalue weighted by molar-refractivity contribution is -0.148. The zero-order valence-electron chi connectivity index (χ0n) is 24.5. The number of hydrogen-bond donors (Lipinski definition) is 2. The number of nitrogens with zero attached hydrogens (tertiary/aromatic N) is 2. The normalized spacial score (nSPS) is 32.0. The summed E-state index contributed by atoms with van der Waals surface area (Å²) < 4.78 is 12.8. The van der Waals surface area contributed by atoms with Crippen LogP contribution in [-0.2, 0) is 28.7 Å². The number of ether oxygens (including phenoxy) is 2. The van der Waals surface area contributed by atoms with Crippen LogP contribution in [0.4, 0.5) is 0 Å². The zero-order valence-corrected chi connectivity index (χ0v) is 26.0. The van der Waals surface area contributed by atoms with Gasteiger partial charge in [-0.25, -0.2) is 0 Å². The van der Waals surface area contributed by atoms with Crippen molar-refractivity contribution in [3.8, 4) is 0 Å². The van der Waals surface area contributed by atoms with Crippen molar-refractivity contribution < 1.29 is 33.8 Å². The van der Waals surface area contributed by atoms with Crippen LogP contribution in [0.1, 0.15) is 57.1 Å². The SMILES string of the molecule is CCCCN1C/C=C\CCC(=O)OC[C@H](c2ccccc2)NC(=O)[C@H]2[C@@H]3O[C@@]4(C=C3Br)[C@@H]2C(=O)N(CCCCO)[C@@H]4C1=O. The van der Waals surface area contributed by atoms with Crippen molar-refractivity contribution in [2.24, 2.45) is 11.8 Å². The van der Waals surface area contributed by atoms with E-state index in [9.17, 15) is 24.3 Å². The number of amides is 3. The minimum Gasteiger partial charge on any atom is -0.463 e. The monoisotopic (exact) mass is 657 g/mol. The van der Waals surface area contributed by atoms with E-state index in [0.717, 1.165) is 18.4 Å². The van der Waals surface area contributed by atoms with Crippen LogP contribution in [0.2, 0.25) is 0 Å². The van der Waals surface area contributed by atoms with Crippen LogP contribution < -0.4 is 5.32 Å². The fraction of sp³-hybridized carbons (Fsp3) is 0.562. The molecule has 0 aliphatic carbocycles. The number of aliphatic hydroxyl groups is 1. The molecule has 1 spiro atoms. The Kier molecular flexibility index (Phi) is 10.0. The molecule has 2 saturated heterocycles. The molecule has 0 unspecified atom stereocenters. The third-order valence-electron chi connectivity index (χ3n) is 8.80. The standard InChI is InChI=1S/C32H40BrN3O7/c1-2-3-15-35-16-9-5-8-14-24(38)42-20-23(21-12-6-4-7-13-21)34-29(39)25-26-30(40)36(17-10-11-18-37)28(31(35)41)32(26)19-22(33)27(25)43-32/h4-7,9,12-13,19,23,25-28,37H,2-3,8,10-11,14-18,20H2,1H3,(H,34,39)/b9-5-/t23-,25-,26+,27-,28-,32+/m1/s1. The second-order valence-corrected chi connectivity index (χ2v) is 12.5. The van der Waals surface area contributed by atoms with Crippen LogP contribution in [0.25, 0.3) is 0 Å². The van der Waals surface area contributed by atoms with Crippen molar-refractivity contribution in [2.75, 3.05) is 32.8 Å². The molecule has 0 saturated carbocycles. The summed E-state index contributed by atoms with van der Waals surface area (Å²) in [7, 11) is 0. The van der Waals surface area contributed by atoms with Crippen LogP contribution in [0.3, 0.4) is 0 Å². The Labute approximate surface area is 260 Å². The first kappa shape index (κ1) is 31.4. The topological polar surface area (TPSA) is 125 Å². The van der Waals surface area contributed by atoms with E-state index in [1.807, 2.05) is 55.5 Å². The highest BCUT2D eigenvalue weighted by Gasteiger charge is 2.74. The second-order valence-electron chi connectivity index (χ2n) is 11.6. The van der Waals surface area contributed by atoms with Crippen molar-refractivity contribution in [2.45, 2.75) is 69.2 Å². The third kappa shape index (κ3) is 6.17. The van der Waals surface area contributed by atoms with E-state index >= 15 is 0 Å². The van der Waals surface area contributed by atoms with Gasteiger partial charge in [-0.15, -0.1) is 0 Å². The second kappa shape index (κ2) is 13.7. The van der Waals surface area contributed by atoms with Gasteiger partial charge in [-0.3, -0.25) is 19.2 Å². The molecule has 4 aliphatic rings. The Morgan fingerprint density at radius 3 is 2.58 bits per heavy atom. The molecule has 4 heterocycles. The van der Waals surface area contributed by atoms with E-state index in [4.69, 9.17) is 9.47 Å². The molecule has 1 aromatic rings. The molecule has 5 rings (SSSR count). The number of aliphatic hydroxyl groups excluding tert-OH is 1. The fourth-order valence-corrected chi connectivity index (χ4v) is 7.42. The van der Waals surface area contributed by atoms with Crippen LogP contribution in [0.5, 0.6) is 0 Å². The van der Waals surface area contributed by atoms with Gasteiger partial charge >= 0.3 is 5.97 Å². The predicted molar refractivity (Wildman–Crippen MR) is 162 cm³/mol. The minimum absolute atomic E-state index is 0.0247. The van der Waals surface area contributed by atoms with E-state index in [1.165, 1.54) is 0 Å². The highest BCUT2D eigenvalue weighted by molar-refractivity contribution is 9.11. The number of hydrogen-bond acceptors (Lipinski definition) is 7. The van der Waals surface area contributed by atoms with Crippen LogP contribution in [0, 0.1) is 11.8 Å². The maximum Gasteiger partial charge on any atom is 0.306 e. The summed E-state index contributed by atoms with van der Waals surface area (Å²) in [6.45, 7) is 3.04. The molecule has 3 amide bonds. The van der Waals surface area contributed by atoms with Crippen molar-refractivity contribution in [3.63, 3.8) is 0 Å². The first-order chi connectivity index (χ1) is 20.8. The lowest BCUT2D eigenvalue weighted by atomic mass is 9.74. The molecule has 1 aromatic carbocycles. The zero-order chi connectivity index (χ0) is 30.6. The number of likely N-dealkylation sites (tertiary alicyclic amines) is 1. The Morgan fingerprint density at radius 2 is 1.84 bits per heavy atom. The number of halogens is 1. The van der Waals surface area contributed by atoms with Gasteiger partial charge in [-0.1, -0.05) is 71.8 Å². The van der Waals surface area contributed by atoms with Gasteiger partial charge in [0.15, 0.2) is 0 Å². The number of carbonyl (C=O) groups excluding carboxylic acids is 4. The van der Waals surface area contributed by atoms with Gasteiger partial charge in [0.2, 0.25) is 17.7 Å². The Balaban J connectivity index is 1.56. The van der Waals surface area contributed by atoms with Gasteiger partial charge < -0.3 is 29.7 Å². The highest BCUT2D eigenvalue weighted by atomic mass is 79.9. The number of cyclic esters (lactones) is 1. The van der Waals surface area contributed by atoms with Crippen molar-refractivity contribution in [1.29, 1.82) is 0 Å². The van der Waals surface area contributed by atoms with Crippen molar-refractivity contribution >= 4 is 39.6 Å². The molecular weight excluding hydrogens is 618 g/mol. The minimum atomic E-state index is -1.31. The molecule has 6 atom stereocenters. The average molecular weight is 659 g/mol. The van der Waals surface area contributed by atoms with Crippen LogP contribution in [-0.4, -0.2) is 89.2 Å².